The highest BCUT2D eigenvalue weighted by Crippen LogP contribution is 2.32. The Bertz CT molecular complexity index is 642. The Balaban J connectivity index is 0.00000156. The summed E-state index contributed by atoms with van der Waals surface area (Å²) in [4.78, 5) is 28.6. The number of aliphatic imine (C=N–C) groups is 1. The SMILES string of the molecule is Cl.Cl.NC(=O)C1(C(=O)NCCNC2=NCCN2)Cc2ccccc2N1. The number of nitrogens with one attached hydrogen (secondary N) is 4. The molecule has 6 N–H and O–H groups in total. The Morgan fingerprint density at radius 2 is 2.00 bits per heavy atom. The molecule has 2 aliphatic heterocycles. The van der Waals surface area contributed by atoms with Gasteiger partial charge in [0.05, 0.1) is 6.54 Å². The van der Waals surface area contributed by atoms with Crippen LogP contribution in [0.25, 0.3) is 0 Å². The number of nitrogens with two attached hydrogens (primary N) is 1. The first-order valence-electron chi connectivity index (χ1n) is 7.58. The third-order valence-corrected chi connectivity index (χ3v) is 4.01. The molecule has 25 heavy (non-hydrogen) atoms. The third kappa shape index (κ3) is 4.26. The maximum absolute atomic E-state index is 12.5. The van der Waals surface area contributed by atoms with Crippen LogP contribution in [0.2, 0.25) is 0 Å². The second-order valence-corrected chi connectivity index (χ2v) is 5.57. The molecule has 138 valence electrons. The van der Waals surface area contributed by atoms with E-state index in [1.165, 1.54) is 0 Å². The monoisotopic (exact) mass is 388 g/mol. The van der Waals surface area contributed by atoms with E-state index in [2.05, 4.69) is 26.3 Å². The summed E-state index contributed by atoms with van der Waals surface area (Å²) in [7, 11) is 0. The Morgan fingerprint density at radius 3 is 2.64 bits per heavy atom. The minimum Gasteiger partial charge on any atom is -0.367 e. The molecule has 1 unspecified atom stereocenters. The van der Waals surface area contributed by atoms with E-state index in [9.17, 15) is 9.59 Å². The number of hydrogen-bond acceptors (Lipinski definition) is 6. The van der Waals surface area contributed by atoms with Crippen molar-refractivity contribution in [3.8, 4) is 0 Å². The maximum atomic E-state index is 12.5. The molecule has 0 radical (unpaired) electrons. The number of rotatable bonds is 5. The highest BCUT2D eigenvalue weighted by atomic mass is 35.5. The van der Waals surface area contributed by atoms with Gasteiger partial charge >= 0.3 is 0 Å². The number of fused-ring (bicyclic) bond motifs is 1. The van der Waals surface area contributed by atoms with Crippen molar-refractivity contribution in [3.05, 3.63) is 29.8 Å². The summed E-state index contributed by atoms with van der Waals surface area (Å²) >= 11 is 0. The number of carbonyl (C=O) groups excluding carboxylic acids is 2. The van der Waals surface area contributed by atoms with E-state index in [1.807, 2.05) is 24.3 Å². The molecule has 3 rings (SSSR count). The molecule has 1 aromatic carbocycles. The minimum absolute atomic E-state index is 0. The van der Waals surface area contributed by atoms with Crippen LogP contribution in [0, 0.1) is 0 Å². The van der Waals surface area contributed by atoms with Crippen LogP contribution in [0.15, 0.2) is 29.3 Å². The van der Waals surface area contributed by atoms with Gasteiger partial charge in [0, 0.05) is 31.7 Å². The zero-order valence-electron chi connectivity index (χ0n) is 13.5. The van der Waals surface area contributed by atoms with Crippen LogP contribution in [0.4, 0.5) is 5.69 Å². The average molecular weight is 389 g/mol. The molecule has 1 atom stereocenters. The summed E-state index contributed by atoms with van der Waals surface area (Å²) in [6.45, 7) is 2.45. The van der Waals surface area contributed by atoms with Crippen LogP contribution >= 0.6 is 24.8 Å². The standard InChI is InChI=1S/C15H20N6O2.2ClH/c16-12(22)15(9-10-3-1-2-4-11(10)21-15)13(23)17-5-6-18-14-19-7-8-20-14;;/h1-4,21H,5-9H2,(H2,16,22)(H,17,23)(H2,18,19,20);2*1H. The summed E-state index contributed by atoms with van der Waals surface area (Å²) in [5, 5.41) is 11.9. The highest BCUT2D eigenvalue weighted by molar-refractivity contribution is 6.13. The van der Waals surface area contributed by atoms with Gasteiger partial charge in [-0.05, 0) is 11.6 Å². The van der Waals surface area contributed by atoms with Crippen molar-refractivity contribution in [2.75, 3.05) is 31.5 Å². The number of halogens is 2. The van der Waals surface area contributed by atoms with E-state index in [0.717, 1.165) is 30.3 Å². The van der Waals surface area contributed by atoms with Crippen LogP contribution in [-0.4, -0.2) is 49.5 Å². The van der Waals surface area contributed by atoms with E-state index in [0.29, 0.717) is 13.1 Å². The molecule has 0 fully saturated rings. The molecular weight excluding hydrogens is 367 g/mol. The lowest BCUT2D eigenvalue weighted by Gasteiger charge is -2.25. The smallest absolute Gasteiger partial charge is 0.255 e. The van der Waals surface area contributed by atoms with Gasteiger partial charge in [-0.3, -0.25) is 14.6 Å². The van der Waals surface area contributed by atoms with Crippen LogP contribution in [-0.2, 0) is 16.0 Å². The van der Waals surface area contributed by atoms with E-state index in [-0.39, 0.29) is 31.2 Å². The summed E-state index contributed by atoms with van der Waals surface area (Å²) < 4.78 is 0. The molecule has 0 saturated heterocycles. The zero-order valence-corrected chi connectivity index (χ0v) is 15.1. The van der Waals surface area contributed by atoms with E-state index >= 15 is 0 Å². The number of anilines is 1. The molecular formula is C15H22Cl2N6O2. The van der Waals surface area contributed by atoms with Crippen LogP contribution in [0.1, 0.15) is 5.56 Å². The first kappa shape index (κ1) is 20.9. The van der Waals surface area contributed by atoms with Crippen molar-refractivity contribution in [2.24, 2.45) is 10.7 Å². The molecule has 0 aliphatic carbocycles. The second kappa shape index (κ2) is 8.77. The number of guanidine groups is 1. The second-order valence-electron chi connectivity index (χ2n) is 5.57. The van der Waals surface area contributed by atoms with Crippen molar-refractivity contribution in [1.29, 1.82) is 0 Å². The predicted molar refractivity (Wildman–Crippen MR) is 102 cm³/mol. The van der Waals surface area contributed by atoms with E-state index < -0.39 is 17.4 Å². The topological polar surface area (TPSA) is 121 Å². The van der Waals surface area contributed by atoms with E-state index in [4.69, 9.17) is 5.73 Å². The lowest BCUT2D eigenvalue weighted by atomic mass is 9.93. The first-order chi connectivity index (χ1) is 11.1. The number of carbonyl (C=O) groups is 2. The molecule has 2 aliphatic rings. The van der Waals surface area contributed by atoms with Crippen molar-refractivity contribution in [1.82, 2.24) is 16.0 Å². The van der Waals surface area contributed by atoms with Gasteiger partial charge in [-0.15, -0.1) is 24.8 Å². The Kier molecular flexibility index (Phi) is 7.32. The minimum atomic E-state index is -1.42. The molecule has 2 heterocycles. The van der Waals surface area contributed by atoms with Crippen LogP contribution in [0.3, 0.4) is 0 Å². The summed E-state index contributed by atoms with van der Waals surface area (Å²) in [5.41, 5.74) is 5.76. The maximum Gasteiger partial charge on any atom is 0.255 e. The highest BCUT2D eigenvalue weighted by Gasteiger charge is 2.48. The van der Waals surface area contributed by atoms with Gasteiger partial charge in [-0.25, -0.2) is 0 Å². The van der Waals surface area contributed by atoms with Gasteiger partial charge in [0.2, 0.25) is 0 Å². The van der Waals surface area contributed by atoms with Gasteiger partial charge < -0.3 is 27.0 Å². The van der Waals surface area contributed by atoms with Crippen molar-refractivity contribution in [3.63, 3.8) is 0 Å². The van der Waals surface area contributed by atoms with Gasteiger partial charge in [-0.2, -0.15) is 0 Å². The number of para-hydroxylation sites is 1. The number of hydrogen-bond donors (Lipinski definition) is 5. The summed E-state index contributed by atoms with van der Waals surface area (Å²) in [6, 6.07) is 7.43. The largest absolute Gasteiger partial charge is 0.367 e. The van der Waals surface area contributed by atoms with Crippen molar-refractivity contribution < 1.29 is 9.59 Å². The summed E-state index contributed by atoms with van der Waals surface area (Å²) in [6.07, 6.45) is 0.256. The van der Waals surface area contributed by atoms with E-state index in [1.54, 1.807) is 0 Å². The lowest BCUT2D eigenvalue weighted by molar-refractivity contribution is -0.133. The Morgan fingerprint density at radius 1 is 1.24 bits per heavy atom. The normalized spacial score (nSPS) is 19.9. The molecule has 0 saturated carbocycles. The summed E-state index contributed by atoms with van der Waals surface area (Å²) in [5.74, 6) is -0.361. The average Bonchev–Trinajstić information content (AvgIpc) is 3.18. The van der Waals surface area contributed by atoms with Crippen molar-refractivity contribution >= 4 is 48.3 Å². The fourth-order valence-corrected chi connectivity index (χ4v) is 2.78. The van der Waals surface area contributed by atoms with Gasteiger partial charge in [0.15, 0.2) is 11.5 Å². The third-order valence-electron chi connectivity index (χ3n) is 4.01. The number of primary amides is 1. The molecule has 1 aromatic rings. The predicted octanol–water partition coefficient (Wildman–Crippen LogP) is -0.613. The number of amides is 2. The zero-order chi connectivity index (χ0) is 16.3. The molecule has 10 heteroatoms. The fraction of sp³-hybridized carbons (Fsp3) is 0.400. The number of nitrogens with zero attached hydrogens (tertiary/aromatic N) is 1. The fourth-order valence-electron chi connectivity index (χ4n) is 2.78. The molecule has 2 amide bonds. The Hall–Kier alpha value is -2.19. The molecule has 0 aromatic heterocycles. The lowest BCUT2D eigenvalue weighted by Crippen LogP contribution is -2.60. The van der Waals surface area contributed by atoms with Crippen molar-refractivity contribution in [2.45, 2.75) is 12.0 Å². The quantitative estimate of drug-likeness (QED) is 0.340. The first-order valence-corrected chi connectivity index (χ1v) is 7.58. The molecule has 0 bridgehead atoms. The molecule has 8 nitrogen and oxygen atoms in total. The molecule has 0 spiro atoms. The number of benzene rings is 1. The van der Waals surface area contributed by atoms with Gasteiger partial charge in [0.25, 0.3) is 11.8 Å². The van der Waals surface area contributed by atoms with Crippen LogP contribution < -0.4 is 27.0 Å². The Labute approximate surface area is 158 Å². The van der Waals surface area contributed by atoms with Gasteiger partial charge in [0.1, 0.15) is 0 Å². The van der Waals surface area contributed by atoms with Crippen LogP contribution in [0.5, 0.6) is 0 Å². The van der Waals surface area contributed by atoms with Gasteiger partial charge in [-0.1, -0.05) is 18.2 Å².